The van der Waals surface area contributed by atoms with Crippen LogP contribution in [0.2, 0.25) is 5.02 Å². The number of benzene rings is 2. The highest BCUT2D eigenvalue weighted by Gasteiger charge is 2.57. The van der Waals surface area contributed by atoms with Crippen LogP contribution in [0, 0.1) is 0 Å². The van der Waals surface area contributed by atoms with Gasteiger partial charge in [0, 0.05) is 11.2 Å². The molecule has 6 nitrogen and oxygen atoms in total. The van der Waals surface area contributed by atoms with Crippen LogP contribution < -0.4 is 5.46 Å². The normalized spacial score (nSPS) is 30.5. The van der Waals surface area contributed by atoms with E-state index in [0.717, 1.165) is 16.7 Å². The predicted octanol–water partition coefficient (Wildman–Crippen LogP) is 3.08. The van der Waals surface area contributed by atoms with Crippen molar-refractivity contribution in [3.05, 3.63) is 59.1 Å². The van der Waals surface area contributed by atoms with Gasteiger partial charge in [-0.3, -0.25) is 4.99 Å². The minimum absolute atomic E-state index is 0.188. The molecule has 0 saturated carbocycles. The molecule has 3 saturated heterocycles. The number of nitrogens with zero attached hydrogens (tertiary/aromatic N) is 1. The largest absolute Gasteiger partial charge is 0.494 e. The van der Waals surface area contributed by atoms with Crippen molar-refractivity contribution in [2.45, 2.75) is 44.2 Å². The van der Waals surface area contributed by atoms with E-state index in [9.17, 15) is 0 Å². The summed E-state index contributed by atoms with van der Waals surface area (Å²) in [7, 11) is -0.491. The molecule has 0 bridgehead atoms. The van der Waals surface area contributed by atoms with E-state index >= 15 is 0 Å². The van der Waals surface area contributed by atoms with E-state index in [1.54, 1.807) is 0 Å². The molecule has 0 N–H and O–H groups in total. The van der Waals surface area contributed by atoms with E-state index in [1.807, 2.05) is 68.6 Å². The molecule has 3 fully saturated rings. The Balaban J connectivity index is 1.30. The van der Waals surface area contributed by atoms with Gasteiger partial charge in [-0.1, -0.05) is 35.9 Å². The van der Waals surface area contributed by atoms with Crippen LogP contribution in [0.5, 0.6) is 0 Å². The number of rotatable bonds is 3. The second kappa shape index (κ2) is 7.50. The molecular weight excluding hydrogens is 392 g/mol. The molecule has 29 heavy (non-hydrogen) atoms. The van der Waals surface area contributed by atoms with E-state index in [4.69, 9.17) is 35.1 Å². The molecule has 0 aliphatic carbocycles. The molecule has 2 aromatic carbocycles. The van der Waals surface area contributed by atoms with Crippen molar-refractivity contribution in [2.24, 2.45) is 4.99 Å². The molecule has 0 aromatic heterocycles. The highest BCUT2D eigenvalue weighted by atomic mass is 35.5. The fourth-order valence-corrected chi connectivity index (χ4v) is 3.97. The van der Waals surface area contributed by atoms with Gasteiger partial charge in [-0.25, -0.2) is 0 Å². The lowest BCUT2D eigenvalue weighted by Crippen LogP contribution is -2.53. The maximum atomic E-state index is 6.22. The summed E-state index contributed by atoms with van der Waals surface area (Å²) in [4.78, 5) is 4.49. The quantitative estimate of drug-likeness (QED) is 0.572. The van der Waals surface area contributed by atoms with E-state index in [0.29, 0.717) is 11.6 Å². The molecule has 0 unspecified atom stereocenters. The Morgan fingerprint density at radius 2 is 1.93 bits per heavy atom. The Bertz CT molecular complexity index is 922. The van der Waals surface area contributed by atoms with E-state index in [-0.39, 0.29) is 18.3 Å². The van der Waals surface area contributed by atoms with Crippen LogP contribution in [0.25, 0.3) is 0 Å². The Kier molecular flexibility index (Phi) is 4.98. The van der Waals surface area contributed by atoms with Crippen molar-refractivity contribution in [2.75, 3.05) is 6.61 Å². The van der Waals surface area contributed by atoms with Gasteiger partial charge in [-0.15, -0.1) is 0 Å². The van der Waals surface area contributed by atoms with Gasteiger partial charge in [0.05, 0.1) is 12.3 Å². The highest BCUT2D eigenvalue weighted by molar-refractivity contribution is 6.61. The van der Waals surface area contributed by atoms with Gasteiger partial charge in [-0.05, 0) is 49.1 Å². The molecule has 3 heterocycles. The second-order valence-corrected chi connectivity index (χ2v) is 8.25. The lowest BCUT2D eigenvalue weighted by atomic mass is 9.76. The first kappa shape index (κ1) is 19.2. The standard InChI is InChI=1S/C21H21BClNO5/c1-21(2)27-19-18-17(26-20(19)28-21)12-25-22(29-18)14-5-3-4-13(10-14)11-24-16-8-6-15(23)7-9-16/h3-11,17-20H,12H2,1-2H3/t17-,18+,19-,20-/m1/s1. The predicted molar refractivity (Wildman–Crippen MR) is 110 cm³/mol. The Hall–Kier alpha value is -1.74. The lowest BCUT2D eigenvalue weighted by Gasteiger charge is -2.32. The van der Waals surface area contributed by atoms with Crippen LogP contribution in [0.1, 0.15) is 19.4 Å². The summed E-state index contributed by atoms with van der Waals surface area (Å²) < 4.78 is 29.8. The van der Waals surface area contributed by atoms with Gasteiger partial charge < -0.3 is 23.5 Å². The fraction of sp³-hybridized carbons (Fsp3) is 0.381. The van der Waals surface area contributed by atoms with Crippen molar-refractivity contribution in [3.63, 3.8) is 0 Å². The molecule has 0 radical (unpaired) electrons. The van der Waals surface area contributed by atoms with Crippen molar-refractivity contribution in [1.29, 1.82) is 0 Å². The summed E-state index contributed by atoms with van der Waals surface area (Å²) in [6, 6.07) is 15.3. The molecule has 2 aromatic rings. The average Bonchev–Trinajstić information content (AvgIpc) is 3.19. The average molecular weight is 414 g/mol. The smallest absolute Gasteiger partial charge is 0.404 e. The maximum Gasteiger partial charge on any atom is 0.494 e. The Labute approximate surface area is 174 Å². The summed E-state index contributed by atoms with van der Waals surface area (Å²) in [6.45, 7) is 4.19. The number of ether oxygens (including phenoxy) is 3. The highest BCUT2D eigenvalue weighted by Crippen LogP contribution is 2.40. The molecule has 3 aliphatic heterocycles. The zero-order chi connectivity index (χ0) is 20.0. The van der Waals surface area contributed by atoms with Gasteiger partial charge in [-0.2, -0.15) is 0 Å². The van der Waals surface area contributed by atoms with Crippen molar-refractivity contribution >= 4 is 36.1 Å². The van der Waals surface area contributed by atoms with Crippen LogP contribution in [-0.2, 0) is 23.5 Å². The summed E-state index contributed by atoms with van der Waals surface area (Å²) in [6.07, 6.45) is 0.721. The molecule has 0 amide bonds. The monoisotopic (exact) mass is 413 g/mol. The molecular formula is C21H21BClNO5. The van der Waals surface area contributed by atoms with Crippen molar-refractivity contribution in [3.8, 4) is 0 Å². The summed E-state index contributed by atoms with van der Waals surface area (Å²) in [5.41, 5.74) is 2.71. The van der Waals surface area contributed by atoms with Gasteiger partial charge in [0.1, 0.15) is 18.3 Å². The summed E-state index contributed by atoms with van der Waals surface area (Å²) in [5, 5.41) is 0.689. The third-order valence-electron chi connectivity index (χ3n) is 5.15. The Morgan fingerprint density at radius 1 is 1.10 bits per heavy atom. The lowest BCUT2D eigenvalue weighted by molar-refractivity contribution is -0.221. The van der Waals surface area contributed by atoms with Crippen LogP contribution >= 0.6 is 11.6 Å². The molecule has 0 spiro atoms. The molecule has 4 atom stereocenters. The fourth-order valence-electron chi connectivity index (χ4n) is 3.85. The van der Waals surface area contributed by atoms with Crippen molar-refractivity contribution in [1.82, 2.24) is 0 Å². The zero-order valence-corrected chi connectivity index (χ0v) is 16.9. The number of hydrogen-bond acceptors (Lipinski definition) is 6. The second-order valence-electron chi connectivity index (χ2n) is 7.81. The molecule has 3 aliphatic rings. The van der Waals surface area contributed by atoms with Crippen LogP contribution in [0.15, 0.2) is 53.5 Å². The van der Waals surface area contributed by atoms with Crippen LogP contribution in [0.3, 0.4) is 0 Å². The zero-order valence-electron chi connectivity index (χ0n) is 16.2. The SMILES string of the molecule is CC1(C)O[C@H]2O[C@@H]3COB(c4cccc(C=Nc5ccc(Cl)cc5)c4)O[C@@H]3[C@H]2O1. The summed E-state index contributed by atoms with van der Waals surface area (Å²) >= 11 is 5.92. The van der Waals surface area contributed by atoms with Gasteiger partial charge >= 0.3 is 7.12 Å². The third kappa shape index (κ3) is 3.99. The minimum atomic E-state index is -0.671. The minimum Gasteiger partial charge on any atom is -0.404 e. The van der Waals surface area contributed by atoms with E-state index in [2.05, 4.69) is 4.99 Å². The van der Waals surface area contributed by atoms with Crippen LogP contribution in [-0.4, -0.2) is 50.3 Å². The van der Waals surface area contributed by atoms with Gasteiger partial charge in [0.15, 0.2) is 12.1 Å². The van der Waals surface area contributed by atoms with Crippen LogP contribution in [0.4, 0.5) is 5.69 Å². The number of aliphatic imine (C=N–C) groups is 1. The maximum absolute atomic E-state index is 6.22. The first-order chi connectivity index (χ1) is 14.0. The van der Waals surface area contributed by atoms with Gasteiger partial charge in [0.25, 0.3) is 0 Å². The van der Waals surface area contributed by atoms with Crippen molar-refractivity contribution < 1.29 is 23.5 Å². The first-order valence-corrected chi connectivity index (χ1v) is 10.0. The first-order valence-electron chi connectivity index (χ1n) is 9.65. The molecule has 150 valence electrons. The van der Waals surface area contributed by atoms with E-state index < -0.39 is 19.2 Å². The molecule has 5 rings (SSSR count). The number of hydrogen-bond donors (Lipinski definition) is 0. The molecule has 8 heteroatoms. The van der Waals surface area contributed by atoms with Gasteiger partial charge in [0.2, 0.25) is 0 Å². The number of halogens is 1. The van der Waals surface area contributed by atoms with E-state index in [1.165, 1.54) is 0 Å². The number of fused-ring (bicyclic) bond motifs is 3. The third-order valence-corrected chi connectivity index (χ3v) is 5.40. The summed E-state index contributed by atoms with van der Waals surface area (Å²) in [5.74, 6) is -0.671. The topological polar surface area (TPSA) is 58.5 Å². The Morgan fingerprint density at radius 3 is 2.76 bits per heavy atom.